The summed E-state index contributed by atoms with van der Waals surface area (Å²) in [5.41, 5.74) is 0.948. The normalized spacial score (nSPS) is 11.8. The number of thioether (sulfide) groups is 1. The molecule has 0 bridgehead atoms. The van der Waals surface area contributed by atoms with Crippen molar-refractivity contribution >= 4 is 23.4 Å². The van der Waals surface area contributed by atoms with Gasteiger partial charge in [0.1, 0.15) is 5.75 Å². The first-order valence-electron chi connectivity index (χ1n) is 8.35. The van der Waals surface area contributed by atoms with Crippen LogP contribution in [0.3, 0.4) is 0 Å². The van der Waals surface area contributed by atoms with Crippen molar-refractivity contribution in [3.8, 4) is 5.75 Å². The van der Waals surface area contributed by atoms with Crippen molar-refractivity contribution in [1.29, 1.82) is 0 Å². The SMILES string of the molecule is CCOc1ccc(NC(=O)C(CC)Sc2nc(COC)cc(=O)[nH]2)cc1. The fourth-order valence-corrected chi connectivity index (χ4v) is 3.17. The summed E-state index contributed by atoms with van der Waals surface area (Å²) in [4.78, 5) is 31.2. The Bertz CT molecular complexity index is 777. The molecule has 2 rings (SSSR count). The largest absolute Gasteiger partial charge is 0.494 e. The lowest BCUT2D eigenvalue weighted by Crippen LogP contribution is -2.25. The molecule has 1 amide bonds. The Morgan fingerprint density at radius 3 is 2.65 bits per heavy atom. The van der Waals surface area contributed by atoms with Crippen molar-refractivity contribution < 1.29 is 14.3 Å². The summed E-state index contributed by atoms with van der Waals surface area (Å²) in [5, 5.41) is 2.89. The van der Waals surface area contributed by atoms with Crippen LogP contribution in [0.15, 0.2) is 40.3 Å². The Kier molecular flexibility index (Phi) is 7.68. The number of benzene rings is 1. The van der Waals surface area contributed by atoms with Gasteiger partial charge in [-0.15, -0.1) is 0 Å². The molecular weight excluding hydrogens is 354 g/mol. The summed E-state index contributed by atoms with van der Waals surface area (Å²) in [7, 11) is 1.54. The quantitative estimate of drug-likeness (QED) is 0.516. The van der Waals surface area contributed by atoms with E-state index in [0.29, 0.717) is 29.6 Å². The van der Waals surface area contributed by atoms with Gasteiger partial charge in [0.05, 0.1) is 24.2 Å². The Labute approximate surface area is 156 Å². The number of hydrogen-bond donors (Lipinski definition) is 2. The minimum Gasteiger partial charge on any atom is -0.494 e. The number of carbonyl (C=O) groups excluding carboxylic acids is 1. The number of methoxy groups -OCH3 is 1. The molecule has 8 heteroatoms. The second kappa shape index (κ2) is 9.98. The first-order valence-corrected chi connectivity index (χ1v) is 9.23. The van der Waals surface area contributed by atoms with Crippen LogP contribution in [0, 0.1) is 0 Å². The van der Waals surface area contributed by atoms with Crippen LogP contribution in [-0.4, -0.2) is 34.8 Å². The van der Waals surface area contributed by atoms with Gasteiger partial charge in [-0.3, -0.25) is 9.59 Å². The molecule has 0 radical (unpaired) electrons. The standard InChI is InChI=1S/C18H23N3O4S/c1-4-15(26-18-20-13(11-24-3)10-16(22)21-18)17(23)19-12-6-8-14(9-7-12)25-5-2/h6-10,15H,4-5,11H2,1-3H3,(H,19,23)(H,20,21,22). The minimum atomic E-state index is -0.387. The Morgan fingerprint density at radius 2 is 2.04 bits per heavy atom. The lowest BCUT2D eigenvalue weighted by Gasteiger charge is -2.14. The van der Waals surface area contributed by atoms with Gasteiger partial charge < -0.3 is 19.8 Å². The van der Waals surface area contributed by atoms with Gasteiger partial charge in [-0.25, -0.2) is 4.98 Å². The summed E-state index contributed by atoms with van der Waals surface area (Å²) in [5.74, 6) is 0.602. The van der Waals surface area contributed by atoms with Gasteiger partial charge in [0.25, 0.3) is 5.56 Å². The van der Waals surface area contributed by atoms with E-state index < -0.39 is 0 Å². The van der Waals surface area contributed by atoms with Gasteiger partial charge in [-0.1, -0.05) is 18.7 Å². The molecule has 2 aromatic rings. The number of anilines is 1. The van der Waals surface area contributed by atoms with E-state index in [1.54, 1.807) is 24.3 Å². The Hall–Kier alpha value is -2.32. The molecule has 2 N–H and O–H groups in total. The number of amides is 1. The van der Waals surface area contributed by atoms with Crippen LogP contribution >= 0.6 is 11.8 Å². The topological polar surface area (TPSA) is 93.3 Å². The highest BCUT2D eigenvalue weighted by molar-refractivity contribution is 8.00. The molecule has 0 saturated carbocycles. The molecule has 26 heavy (non-hydrogen) atoms. The van der Waals surface area contributed by atoms with E-state index in [1.807, 2.05) is 13.8 Å². The molecule has 0 saturated heterocycles. The molecule has 0 aliphatic heterocycles. The van der Waals surface area contributed by atoms with Crippen LogP contribution in [0.5, 0.6) is 5.75 Å². The zero-order chi connectivity index (χ0) is 18.9. The maximum Gasteiger partial charge on any atom is 0.251 e. The summed E-state index contributed by atoms with van der Waals surface area (Å²) in [6.07, 6.45) is 0.589. The molecule has 0 spiro atoms. The van der Waals surface area contributed by atoms with E-state index >= 15 is 0 Å². The van der Waals surface area contributed by atoms with Gasteiger partial charge in [0, 0.05) is 18.9 Å². The average molecular weight is 377 g/mol. The van der Waals surface area contributed by atoms with Gasteiger partial charge in [0.2, 0.25) is 5.91 Å². The van der Waals surface area contributed by atoms with Crippen LogP contribution in [0.2, 0.25) is 0 Å². The summed E-state index contributed by atoms with van der Waals surface area (Å²) < 4.78 is 10.4. The zero-order valence-electron chi connectivity index (χ0n) is 15.1. The van der Waals surface area contributed by atoms with E-state index in [2.05, 4.69) is 15.3 Å². The minimum absolute atomic E-state index is 0.151. The molecule has 140 valence electrons. The first-order chi connectivity index (χ1) is 12.5. The number of nitrogens with one attached hydrogen (secondary N) is 2. The molecule has 1 aromatic heterocycles. The average Bonchev–Trinajstić information content (AvgIpc) is 2.61. The van der Waals surface area contributed by atoms with E-state index in [-0.39, 0.29) is 23.3 Å². The predicted molar refractivity (Wildman–Crippen MR) is 102 cm³/mol. The lowest BCUT2D eigenvalue weighted by atomic mass is 10.2. The maximum atomic E-state index is 12.5. The summed E-state index contributed by atoms with van der Waals surface area (Å²) >= 11 is 1.22. The molecular formula is C18H23N3O4S. The number of aromatic nitrogens is 2. The maximum absolute atomic E-state index is 12.5. The molecule has 0 aliphatic carbocycles. The first kappa shape index (κ1) is 20.0. The zero-order valence-corrected chi connectivity index (χ0v) is 15.9. The third-order valence-corrected chi connectivity index (χ3v) is 4.66. The fraction of sp³-hybridized carbons (Fsp3) is 0.389. The summed E-state index contributed by atoms with van der Waals surface area (Å²) in [6, 6.07) is 8.58. The molecule has 1 aromatic carbocycles. The van der Waals surface area contributed by atoms with Crippen molar-refractivity contribution in [1.82, 2.24) is 9.97 Å². The molecule has 1 atom stereocenters. The lowest BCUT2D eigenvalue weighted by molar-refractivity contribution is -0.115. The van der Waals surface area contributed by atoms with Crippen LogP contribution in [-0.2, 0) is 16.1 Å². The monoisotopic (exact) mass is 377 g/mol. The third-order valence-electron chi connectivity index (χ3n) is 3.42. The van der Waals surface area contributed by atoms with E-state index in [9.17, 15) is 9.59 Å². The molecule has 1 unspecified atom stereocenters. The highest BCUT2D eigenvalue weighted by Crippen LogP contribution is 2.24. The highest BCUT2D eigenvalue weighted by Gasteiger charge is 2.19. The van der Waals surface area contributed by atoms with Crippen LogP contribution in [0.1, 0.15) is 26.0 Å². The van der Waals surface area contributed by atoms with Gasteiger partial charge in [-0.2, -0.15) is 0 Å². The number of nitrogens with zero attached hydrogens (tertiary/aromatic N) is 1. The van der Waals surface area contributed by atoms with Crippen molar-refractivity contribution in [2.75, 3.05) is 19.0 Å². The Morgan fingerprint density at radius 1 is 1.31 bits per heavy atom. The second-order valence-electron chi connectivity index (χ2n) is 5.44. The highest BCUT2D eigenvalue weighted by atomic mass is 32.2. The number of H-pyrrole nitrogens is 1. The number of hydrogen-bond acceptors (Lipinski definition) is 6. The van der Waals surface area contributed by atoms with E-state index in [4.69, 9.17) is 9.47 Å². The number of ether oxygens (including phenoxy) is 2. The van der Waals surface area contributed by atoms with Crippen LogP contribution < -0.4 is 15.6 Å². The Balaban J connectivity index is 2.05. The van der Waals surface area contributed by atoms with Crippen LogP contribution in [0.4, 0.5) is 5.69 Å². The fourth-order valence-electron chi connectivity index (χ4n) is 2.24. The smallest absolute Gasteiger partial charge is 0.251 e. The second-order valence-corrected chi connectivity index (χ2v) is 6.63. The third kappa shape index (κ3) is 5.89. The van der Waals surface area contributed by atoms with Crippen molar-refractivity contribution in [2.45, 2.75) is 37.3 Å². The number of carbonyl (C=O) groups is 1. The van der Waals surface area contributed by atoms with Gasteiger partial charge in [0.15, 0.2) is 5.16 Å². The number of aromatic amines is 1. The van der Waals surface area contributed by atoms with Crippen molar-refractivity contribution in [2.24, 2.45) is 0 Å². The van der Waals surface area contributed by atoms with Crippen LogP contribution in [0.25, 0.3) is 0 Å². The van der Waals surface area contributed by atoms with E-state index in [1.165, 1.54) is 24.9 Å². The summed E-state index contributed by atoms with van der Waals surface area (Å²) in [6.45, 7) is 4.66. The molecule has 0 aliphatic rings. The molecule has 1 heterocycles. The predicted octanol–water partition coefficient (Wildman–Crippen LogP) is 2.82. The van der Waals surface area contributed by atoms with Crippen molar-refractivity contribution in [3.63, 3.8) is 0 Å². The molecule has 7 nitrogen and oxygen atoms in total. The number of rotatable bonds is 9. The van der Waals surface area contributed by atoms with Crippen molar-refractivity contribution in [3.05, 3.63) is 46.4 Å². The molecule has 0 fully saturated rings. The van der Waals surface area contributed by atoms with Gasteiger partial charge >= 0.3 is 0 Å². The van der Waals surface area contributed by atoms with Gasteiger partial charge in [-0.05, 0) is 37.6 Å². The van der Waals surface area contributed by atoms with E-state index in [0.717, 1.165) is 5.75 Å².